The molecule has 0 bridgehead atoms. The van der Waals surface area contributed by atoms with E-state index in [1.54, 1.807) is 11.3 Å². The van der Waals surface area contributed by atoms with Crippen molar-refractivity contribution < 1.29 is 14.3 Å². The maximum absolute atomic E-state index is 11.9. The Balaban J connectivity index is 1.48. The number of carbonyl (C=O) groups excluding carboxylic acids is 2. The number of primary amides is 1. The number of thiophene rings is 2. The van der Waals surface area contributed by atoms with E-state index in [1.165, 1.54) is 21.8 Å². The number of esters is 1. The molecule has 1 aliphatic heterocycles. The van der Waals surface area contributed by atoms with Gasteiger partial charge in [-0.1, -0.05) is 12.1 Å². The molecule has 0 radical (unpaired) electrons. The highest BCUT2D eigenvalue weighted by molar-refractivity contribution is 7.28. The average molecular weight is 401 g/mol. The Morgan fingerprint density at radius 2 is 2.04 bits per heavy atom. The molecule has 0 aliphatic carbocycles. The predicted octanol–water partition coefficient (Wildman–Crippen LogP) is 3.80. The zero-order valence-corrected chi connectivity index (χ0v) is 16.6. The quantitative estimate of drug-likeness (QED) is 0.661. The molecule has 0 saturated carbocycles. The second kappa shape index (κ2) is 7.42. The van der Waals surface area contributed by atoms with Gasteiger partial charge in [0.2, 0.25) is 5.91 Å². The summed E-state index contributed by atoms with van der Waals surface area (Å²) in [6, 6.07) is 9.89. The lowest BCUT2D eigenvalue weighted by atomic mass is 9.94. The summed E-state index contributed by atoms with van der Waals surface area (Å²) in [6.07, 6.45) is 0.835. The molecule has 2 aromatic heterocycles. The van der Waals surface area contributed by atoms with E-state index in [4.69, 9.17) is 10.5 Å². The molecule has 2 N–H and O–H groups in total. The van der Waals surface area contributed by atoms with Gasteiger partial charge >= 0.3 is 5.97 Å². The third-order valence-electron chi connectivity index (χ3n) is 4.72. The Kier molecular flexibility index (Phi) is 4.99. The predicted molar refractivity (Wildman–Crippen MR) is 108 cm³/mol. The molecule has 3 heterocycles. The van der Waals surface area contributed by atoms with Crippen LogP contribution in [-0.4, -0.2) is 29.9 Å². The number of fused-ring (bicyclic) bond motifs is 2. The molecule has 0 spiro atoms. The molecule has 0 fully saturated rings. The van der Waals surface area contributed by atoms with Gasteiger partial charge in [-0.2, -0.15) is 0 Å². The van der Waals surface area contributed by atoms with Crippen molar-refractivity contribution in [3.8, 4) is 0 Å². The molecule has 140 valence electrons. The van der Waals surface area contributed by atoms with Crippen molar-refractivity contribution in [1.82, 2.24) is 4.90 Å². The number of rotatable bonds is 5. The maximum Gasteiger partial charge on any atom is 0.348 e. The van der Waals surface area contributed by atoms with E-state index in [1.807, 2.05) is 25.1 Å². The number of nitrogens with two attached hydrogens (primary N) is 1. The molecular formula is C20H20N2O3S2. The number of carbonyl (C=O) groups is 2. The first-order valence-electron chi connectivity index (χ1n) is 8.87. The van der Waals surface area contributed by atoms with Gasteiger partial charge in [0.15, 0.2) is 0 Å². The van der Waals surface area contributed by atoms with Gasteiger partial charge in [-0.15, -0.1) is 22.7 Å². The lowest BCUT2D eigenvalue weighted by molar-refractivity contribution is 0.0532. The topological polar surface area (TPSA) is 72.6 Å². The van der Waals surface area contributed by atoms with Crippen molar-refractivity contribution in [1.29, 1.82) is 0 Å². The van der Waals surface area contributed by atoms with Gasteiger partial charge in [0, 0.05) is 39.5 Å². The van der Waals surface area contributed by atoms with Gasteiger partial charge in [0.1, 0.15) is 4.88 Å². The van der Waals surface area contributed by atoms with E-state index in [9.17, 15) is 9.59 Å². The Labute approximate surface area is 165 Å². The maximum atomic E-state index is 11.9. The summed E-state index contributed by atoms with van der Waals surface area (Å²) in [5.74, 6) is -0.596. The molecule has 5 nitrogen and oxygen atoms in total. The first-order chi connectivity index (χ1) is 13.0. The minimum atomic E-state index is -0.351. The third kappa shape index (κ3) is 3.63. The molecule has 27 heavy (non-hydrogen) atoms. The Morgan fingerprint density at radius 3 is 2.78 bits per heavy atom. The Bertz CT molecular complexity index is 990. The number of hydrogen-bond donors (Lipinski definition) is 1. The summed E-state index contributed by atoms with van der Waals surface area (Å²) >= 11 is 3.21. The van der Waals surface area contributed by atoms with Crippen molar-refractivity contribution in [2.24, 2.45) is 5.73 Å². The van der Waals surface area contributed by atoms with E-state index >= 15 is 0 Å². The van der Waals surface area contributed by atoms with Crippen LogP contribution in [0.15, 0.2) is 30.3 Å². The zero-order chi connectivity index (χ0) is 19.0. The van der Waals surface area contributed by atoms with Crippen molar-refractivity contribution in [2.45, 2.75) is 26.4 Å². The first kappa shape index (κ1) is 18.2. The molecule has 4 rings (SSSR count). The van der Waals surface area contributed by atoms with Crippen LogP contribution in [0.2, 0.25) is 0 Å². The minimum absolute atomic E-state index is 0.245. The Hall–Kier alpha value is -2.22. The lowest BCUT2D eigenvalue weighted by Crippen LogP contribution is -2.31. The summed E-state index contributed by atoms with van der Waals surface area (Å²) in [6.45, 7) is 4.78. The zero-order valence-electron chi connectivity index (χ0n) is 15.0. The van der Waals surface area contributed by atoms with Crippen LogP contribution in [0.1, 0.15) is 43.0 Å². The number of amides is 1. The molecule has 1 aliphatic rings. The lowest BCUT2D eigenvalue weighted by Gasteiger charge is -2.29. The smallest absolute Gasteiger partial charge is 0.348 e. The Morgan fingerprint density at radius 1 is 1.22 bits per heavy atom. The number of ether oxygens (including phenoxy) is 1. The van der Waals surface area contributed by atoms with Crippen LogP contribution in [0, 0.1) is 0 Å². The third-order valence-corrected chi connectivity index (χ3v) is 6.98. The van der Waals surface area contributed by atoms with Gasteiger partial charge in [-0.3, -0.25) is 9.69 Å². The second-order valence-electron chi connectivity index (χ2n) is 6.54. The van der Waals surface area contributed by atoms with Gasteiger partial charge in [-0.25, -0.2) is 4.79 Å². The van der Waals surface area contributed by atoms with Crippen LogP contribution in [-0.2, 0) is 24.2 Å². The fraction of sp³-hybridized carbons (Fsp3) is 0.300. The van der Waals surface area contributed by atoms with E-state index < -0.39 is 0 Å². The molecule has 0 saturated heterocycles. The number of nitrogens with zero attached hydrogens (tertiary/aromatic N) is 1. The van der Waals surface area contributed by atoms with Crippen molar-refractivity contribution in [3.05, 3.63) is 56.8 Å². The summed E-state index contributed by atoms with van der Waals surface area (Å²) < 4.78 is 7.34. The average Bonchev–Trinajstić information content (AvgIpc) is 3.19. The highest BCUT2D eigenvalue weighted by atomic mass is 32.1. The fourth-order valence-corrected chi connectivity index (χ4v) is 5.88. The number of benzene rings is 1. The SMILES string of the molecule is CCOC(=O)c1cc2sc(CN3CCc4c(cccc4C(N)=O)C3)cc2s1. The van der Waals surface area contributed by atoms with Gasteiger partial charge < -0.3 is 10.5 Å². The summed E-state index contributed by atoms with van der Waals surface area (Å²) in [5.41, 5.74) is 8.42. The van der Waals surface area contributed by atoms with E-state index in [2.05, 4.69) is 17.0 Å². The van der Waals surface area contributed by atoms with Crippen LogP contribution in [0.5, 0.6) is 0 Å². The second-order valence-corrected chi connectivity index (χ2v) is 8.79. The van der Waals surface area contributed by atoms with Crippen molar-refractivity contribution >= 4 is 43.9 Å². The van der Waals surface area contributed by atoms with Crippen LogP contribution < -0.4 is 5.73 Å². The fourth-order valence-electron chi connectivity index (χ4n) is 3.52. The first-order valence-corrected chi connectivity index (χ1v) is 10.5. The minimum Gasteiger partial charge on any atom is -0.462 e. The standard InChI is InChI=1S/C20H20N2O3S2/c1-2-25-20(24)18-9-17-16(27-18)8-13(26-17)11-22-7-6-14-12(10-22)4-3-5-15(14)19(21)23/h3-5,8-9H,2,6-7,10-11H2,1H3,(H2,21,23). The molecule has 0 unspecified atom stereocenters. The molecule has 3 aromatic rings. The highest BCUT2D eigenvalue weighted by Crippen LogP contribution is 2.35. The highest BCUT2D eigenvalue weighted by Gasteiger charge is 2.21. The molecule has 0 atom stereocenters. The largest absolute Gasteiger partial charge is 0.462 e. The molecule has 1 aromatic carbocycles. The van der Waals surface area contributed by atoms with E-state index in [-0.39, 0.29) is 11.9 Å². The summed E-state index contributed by atoms with van der Waals surface area (Å²) in [5, 5.41) is 0. The monoisotopic (exact) mass is 400 g/mol. The molecule has 7 heteroatoms. The number of hydrogen-bond acceptors (Lipinski definition) is 6. The van der Waals surface area contributed by atoms with Gasteiger partial charge in [0.05, 0.1) is 6.61 Å². The normalized spacial score (nSPS) is 14.3. The van der Waals surface area contributed by atoms with Crippen molar-refractivity contribution in [3.63, 3.8) is 0 Å². The molecule has 1 amide bonds. The van der Waals surface area contributed by atoms with E-state index in [0.717, 1.165) is 41.0 Å². The van der Waals surface area contributed by atoms with Crippen LogP contribution in [0.25, 0.3) is 9.40 Å². The molecular weight excluding hydrogens is 380 g/mol. The van der Waals surface area contributed by atoms with Crippen molar-refractivity contribution in [2.75, 3.05) is 13.2 Å². The van der Waals surface area contributed by atoms with Crippen LogP contribution in [0.3, 0.4) is 0 Å². The van der Waals surface area contributed by atoms with Gasteiger partial charge in [-0.05, 0) is 42.7 Å². The van der Waals surface area contributed by atoms with Gasteiger partial charge in [0.25, 0.3) is 0 Å². The van der Waals surface area contributed by atoms with Crippen LogP contribution >= 0.6 is 22.7 Å². The summed E-state index contributed by atoms with van der Waals surface area (Å²) in [4.78, 5) is 27.8. The van der Waals surface area contributed by atoms with E-state index in [0.29, 0.717) is 17.0 Å². The summed E-state index contributed by atoms with van der Waals surface area (Å²) in [7, 11) is 0. The van der Waals surface area contributed by atoms with Crippen LogP contribution in [0.4, 0.5) is 0 Å².